The first-order valence-electron chi connectivity index (χ1n) is 1.72. The van der Waals surface area contributed by atoms with E-state index in [-0.39, 0.29) is 88.6 Å². The molecule has 0 saturated heterocycles. The predicted octanol–water partition coefficient (Wildman–Crippen LogP) is 4.37. The summed E-state index contributed by atoms with van der Waals surface area (Å²) in [5.74, 6) is 0. The first-order valence-corrected chi connectivity index (χ1v) is 1.72. The zero-order valence-corrected chi connectivity index (χ0v) is 12.7. The second kappa shape index (κ2) is 51.7. The molecule has 0 aromatic rings. The van der Waals surface area contributed by atoms with Crippen molar-refractivity contribution in [1.29, 1.82) is 0 Å². The van der Waals surface area contributed by atoms with E-state index in [0.29, 0.717) is 0 Å². The summed E-state index contributed by atoms with van der Waals surface area (Å²) in [6.45, 7) is 0. The number of hydrogen-bond donors (Lipinski definition) is 0. The zero-order valence-electron chi connectivity index (χ0n) is 8.66. The van der Waals surface area contributed by atoms with Gasteiger partial charge in [-0.15, -0.1) is 43.6 Å². The summed E-state index contributed by atoms with van der Waals surface area (Å²) in [5.41, 5.74) is 0. The minimum Gasteiger partial charge on any atom is -0.358 e. The zero-order chi connectivity index (χ0) is 3.54. The molecule has 0 atom stereocenters. The Labute approximate surface area is 119 Å². The largest absolute Gasteiger partial charge is 0.358 e. The van der Waals surface area contributed by atoms with Crippen LogP contribution in [0.15, 0.2) is 18.2 Å². The average Bonchev–Trinajstić information content (AvgIpc) is 1.76. The van der Waals surface area contributed by atoms with Gasteiger partial charge in [-0.25, -0.2) is 12.2 Å². The van der Waals surface area contributed by atoms with Crippen molar-refractivity contribution in [2.75, 3.05) is 0 Å². The van der Waals surface area contributed by atoms with Gasteiger partial charge in [0.25, 0.3) is 0 Å². The van der Waals surface area contributed by atoms with Gasteiger partial charge in [-0.2, -0.15) is 6.08 Å². The molecule has 0 radical (unpaired) electrons. The Kier molecular flexibility index (Phi) is 260. The van der Waals surface area contributed by atoms with Gasteiger partial charge in [-0.05, 0) is 0 Å². The van der Waals surface area contributed by atoms with E-state index in [1.807, 2.05) is 12.2 Å². The summed E-state index contributed by atoms with van der Waals surface area (Å²) >= 11 is 0. The SMILES string of the molecule is Cl.Cl.Cl.[C-]1=CC=CC1.[CH3-].[CH3-].[CH3-].[CH3-].[Ti]. The van der Waals surface area contributed by atoms with Gasteiger partial charge >= 0.3 is 0 Å². The summed E-state index contributed by atoms with van der Waals surface area (Å²) in [5, 5.41) is 0. The molecule has 1 rings (SSSR count). The fourth-order valence-electron chi connectivity index (χ4n) is 0.340. The second-order valence-electron chi connectivity index (χ2n) is 1.00. The van der Waals surface area contributed by atoms with Crippen LogP contribution in [0.3, 0.4) is 0 Å². The Morgan fingerprint density at radius 3 is 1.31 bits per heavy atom. The smallest absolute Gasteiger partial charge is 0 e. The monoisotopic (exact) mass is 281 g/mol. The summed E-state index contributed by atoms with van der Waals surface area (Å²) in [7, 11) is 0. The molecule has 86 valence electrons. The van der Waals surface area contributed by atoms with Crippen molar-refractivity contribution in [3.8, 4) is 0 Å². The van der Waals surface area contributed by atoms with E-state index in [1.54, 1.807) is 0 Å². The Morgan fingerprint density at radius 2 is 1.23 bits per heavy atom. The number of halogens is 3. The molecule has 0 fully saturated rings. The van der Waals surface area contributed by atoms with Crippen molar-refractivity contribution in [2.24, 2.45) is 0 Å². The quantitative estimate of drug-likeness (QED) is 0.457. The van der Waals surface area contributed by atoms with Crippen LogP contribution in [0.1, 0.15) is 6.42 Å². The van der Waals surface area contributed by atoms with E-state index >= 15 is 0 Å². The third kappa shape index (κ3) is 43.5. The number of rotatable bonds is 0. The molecule has 1 aliphatic rings. The maximum absolute atomic E-state index is 2.99. The van der Waals surface area contributed by atoms with Crippen molar-refractivity contribution in [3.63, 3.8) is 0 Å². The molecule has 0 saturated carbocycles. The first-order chi connectivity index (χ1) is 2.50. The molecule has 0 spiro atoms. The van der Waals surface area contributed by atoms with Gasteiger partial charge < -0.3 is 29.7 Å². The van der Waals surface area contributed by atoms with E-state index in [1.165, 1.54) is 0 Å². The van der Waals surface area contributed by atoms with Crippen LogP contribution < -0.4 is 0 Å². The molecule has 0 aromatic heterocycles. The van der Waals surface area contributed by atoms with Gasteiger partial charge in [0.05, 0.1) is 0 Å². The predicted molar refractivity (Wildman–Crippen MR) is 69.0 cm³/mol. The second-order valence-corrected chi connectivity index (χ2v) is 1.00. The maximum Gasteiger partial charge on any atom is 0 e. The summed E-state index contributed by atoms with van der Waals surface area (Å²) in [6, 6.07) is 0. The van der Waals surface area contributed by atoms with Gasteiger partial charge in [0.1, 0.15) is 0 Å². The number of hydrogen-bond acceptors (Lipinski definition) is 0. The van der Waals surface area contributed by atoms with Crippen molar-refractivity contribution in [2.45, 2.75) is 6.42 Å². The summed E-state index contributed by atoms with van der Waals surface area (Å²) < 4.78 is 0. The Balaban J connectivity index is -0.00000000521. The Morgan fingerprint density at radius 1 is 0.846 bits per heavy atom. The molecule has 0 N–H and O–H groups in total. The minimum absolute atomic E-state index is 0. The molecule has 0 aliphatic heterocycles. The van der Waals surface area contributed by atoms with Crippen LogP contribution in [-0.2, 0) is 21.7 Å². The fourth-order valence-corrected chi connectivity index (χ4v) is 0.340. The van der Waals surface area contributed by atoms with Crippen LogP contribution in [0.2, 0.25) is 0 Å². The van der Waals surface area contributed by atoms with Crippen LogP contribution in [-0.4, -0.2) is 0 Å². The van der Waals surface area contributed by atoms with Crippen LogP contribution in [0.25, 0.3) is 0 Å². The molecule has 1 aliphatic carbocycles. The molecule has 13 heavy (non-hydrogen) atoms. The van der Waals surface area contributed by atoms with Crippen LogP contribution in [0.4, 0.5) is 0 Å². The molecule has 0 bridgehead atoms. The van der Waals surface area contributed by atoms with Crippen molar-refractivity contribution < 1.29 is 21.7 Å². The molecule has 0 aromatic carbocycles. The van der Waals surface area contributed by atoms with Crippen molar-refractivity contribution in [1.82, 2.24) is 0 Å². The van der Waals surface area contributed by atoms with Gasteiger partial charge in [-0.1, -0.05) is 0 Å². The topological polar surface area (TPSA) is 0 Å². The summed E-state index contributed by atoms with van der Waals surface area (Å²) in [6.07, 6.45) is 10.0. The standard InChI is InChI=1S/C5H5.4CH3.3ClH.Ti/c1-2-4-5-3-1;;;;;;;;/h1-3H,4H2;4*1H3;3*1H;/q5*-1;;;;. The molecule has 0 heterocycles. The van der Waals surface area contributed by atoms with Gasteiger partial charge in [0.2, 0.25) is 0 Å². The molecular weight excluding hydrogens is 262 g/mol. The third-order valence-electron chi connectivity index (χ3n) is 0.586. The van der Waals surface area contributed by atoms with Crippen LogP contribution in [0.5, 0.6) is 0 Å². The van der Waals surface area contributed by atoms with Crippen molar-refractivity contribution >= 4 is 37.2 Å². The van der Waals surface area contributed by atoms with E-state index in [9.17, 15) is 0 Å². The molecule has 0 unspecified atom stereocenters. The van der Waals surface area contributed by atoms with Crippen molar-refractivity contribution in [3.05, 3.63) is 54.0 Å². The molecule has 0 amide bonds. The van der Waals surface area contributed by atoms with E-state index in [4.69, 9.17) is 0 Å². The van der Waals surface area contributed by atoms with Gasteiger partial charge in [-0.3, -0.25) is 6.08 Å². The van der Waals surface area contributed by atoms with E-state index < -0.39 is 0 Å². The van der Waals surface area contributed by atoms with Gasteiger partial charge in [0.15, 0.2) is 0 Å². The Hall–Kier alpha value is 1.06. The van der Waals surface area contributed by atoms with E-state index in [2.05, 4.69) is 12.2 Å². The van der Waals surface area contributed by atoms with Gasteiger partial charge in [0, 0.05) is 21.7 Å². The molecule has 0 nitrogen and oxygen atoms in total. The van der Waals surface area contributed by atoms with Crippen LogP contribution in [0, 0.1) is 35.8 Å². The fraction of sp³-hybridized carbons (Fsp3) is 0.111. The normalized spacial score (nSPS) is 6.77. The Bertz CT molecular complexity index is 72.9. The van der Waals surface area contributed by atoms with E-state index in [0.717, 1.165) is 6.42 Å². The molecular formula is C9H20Cl3Ti-5. The third-order valence-corrected chi connectivity index (χ3v) is 0.586. The molecule has 4 heteroatoms. The summed E-state index contributed by atoms with van der Waals surface area (Å²) in [4.78, 5) is 0. The number of allylic oxidation sites excluding steroid dienone is 4. The minimum atomic E-state index is 0. The first kappa shape index (κ1) is 65.3. The van der Waals surface area contributed by atoms with Crippen LogP contribution >= 0.6 is 37.2 Å². The average molecular weight is 282 g/mol. The maximum atomic E-state index is 2.99.